The molecule has 0 fully saturated rings. The first-order valence-electron chi connectivity index (χ1n) is 4.05. The van der Waals surface area contributed by atoms with Crippen LogP contribution in [0.1, 0.15) is 20.3 Å². The molecule has 7 heteroatoms. The van der Waals surface area contributed by atoms with Gasteiger partial charge in [-0.3, -0.25) is 4.79 Å². The molecule has 0 spiro atoms. The van der Waals surface area contributed by atoms with E-state index in [4.69, 9.17) is 11.5 Å². The van der Waals surface area contributed by atoms with Crippen LogP contribution in [0.3, 0.4) is 0 Å². The van der Waals surface area contributed by atoms with E-state index in [9.17, 15) is 4.79 Å². The number of carbonyl (C=O) groups is 1. The van der Waals surface area contributed by atoms with Crippen LogP contribution in [0.25, 0.3) is 0 Å². The minimum Gasteiger partial charge on any atom is -0.370 e. The number of nitrogens with two attached hydrogens (primary N) is 2. The van der Waals surface area contributed by atoms with Crippen molar-refractivity contribution in [1.82, 2.24) is 9.36 Å². The van der Waals surface area contributed by atoms with Crippen LogP contribution < -0.4 is 16.8 Å². The SMILES string of the molecule is CC(C)(CC(N)=O)Nc1nc(N)ns1. The number of hydrogen-bond acceptors (Lipinski definition) is 6. The molecule has 0 atom stereocenters. The Hall–Kier alpha value is -1.37. The second-order valence-electron chi connectivity index (χ2n) is 3.61. The Balaban J connectivity index is 2.63. The number of nitrogens with zero attached hydrogens (tertiary/aromatic N) is 2. The van der Waals surface area contributed by atoms with Crippen LogP contribution in [-0.2, 0) is 4.79 Å². The first kappa shape index (κ1) is 10.7. The van der Waals surface area contributed by atoms with E-state index in [1.807, 2.05) is 13.8 Å². The number of amides is 1. The number of rotatable bonds is 4. The topological polar surface area (TPSA) is 107 Å². The lowest BCUT2D eigenvalue weighted by Crippen LogP contribution is -2.35. The summed E-state index contributed by atoms with van der Waals surface area (Å²) < 4.78 is 3.81. The minimum absolute atomic E-state index is 0.229. The van der Waals surface area contributed by atoms with Crippen molar-refractivity contribution in [3.63, 3.8) is 0 Å². The lowest BCUT2D eigenvalue weighted by Gasteiger charge is -2.23. The van der Waals surface area contributed by atoms with Gasteiger partial charge in [-0.2, -0.15) is 9.36 Å². The Morgan fingerprint density at radius 3 is 2.71 bits per heavy atom. The number of nitrogen functional groups attached to an aromatic ring is 1. The molecule has 5 N–H and O–H groups in total. The Labute approximate surface area is 85.9 Å². The predicted octanol–water partition coefficient (Wildman–Crippen LogP) is 0.186. The van der Waals surface area contributed by atoms with Crippen molar-refractivity contribution in [1.29, 1.82) is 0 Å². The molecule has 1 rings (SSSR count). The van der Waals surface area contributed by atoms with E-state index in [0.717, 1.165) is 11.5 Å². The summed E-state index contributed by atoms with van der Waals surface area (Å²) in [7, 11) is 0. The third-order valence-electron chi connectivity index (χ3n) is 1.50. The van der Waals surface area contributed by atoms with E-state index in [-0.39, 0.29) is 18.3 Å². The summed E-state index contributed by atoms with van der Waals surface area (Å²) in [6.07, 6.45) is 0.229. The highest BCUT2D eigenvalue weighted by Gasteiger charge is 2.21. The van der Waals surface area contributed by atoms with Crippen LogP contribution in [0.2, 0.25) is 0 Å². The Bertz CT molecular complexity index is 335. The molecular weight excluding hydrogens is 202 g/mol. The summed E-state index contributed by atoms with van der Waals surface area (Å²) in [5.41, 5.74) is 10.0. The lowest BCUT2D eigenvalue weighted by molar-refractivity contribution is -0.118. The fourth-order valence-corrected chi connectivity index (χ4v) is 1.73. The molecular formula is C7H13N5OS. The third-order valence-corrected chi connectivity index (χ3v) is 2.15. The summed E-state index contributed by atoms with van der Waals surface area (Å²) >= 11 is 1.15. The summed E-state index contributed by atoms with van der Waals surface area (Å²) in [6.45, 7) is 3.71. The Morgan fingerprint density at radius 2 is 2.29 bits per heavy atom. The molecule has 1 heterocycles. The summed E-state index contributed by atoms with van der Waals surface area (Å²) in [5, 5.41) is 3.63. The van der Waals surface area contributed by atoms with Gasteiger partial charge in [0.25, 0.3) is 0 Å². The first-order valence-corrected chi connectivity index (χ1v) is 4.82. The largest absolute Gasteiger partial charge is 0.370 e. The summed E-state index contributed by atoms with van der Waals surface area (Å²) in [6, 6.07) is 0. The smallest absolute Gasteiger partial charge is 0.233 e. The van der Waals surface area contributed by atoms with E-state index < -0.39 is 5.54 Å². The van der Waals surface area contributed by atoms with Gasteiger partial charge in [-0.1, -0.05) is 0 Å². The molecule has 1 amide bonds. The monoisotopic (exact) mass is 215 g/mol. The Kier molecular flexibility index (Phi) is 2.90. The molecule has 0 aromatic carbocycles. The van der Waals surface area contributed by atoms with E-state index in [1.54, 1.807) is 0 Å². The maximum Gasteiger partial charge on any atom is 0.233 e. The molecule has 0 aliphatic heterocycles. The molecule has 0 radical (unpaired) electrons. The zero-order valence-corrected chi connectivity index (χ0v) is 8.89. The number of primary amides is 1. The number of anilines is 2. The molecule has 0 aliphatic rings. The van der Waals surface area contributed by atoms with Crippen molar-refractivity contribution in [3.8, 4) is 0 Å². The third kappa shape index (κ3) is 3.17. The highest BCUT2D eigenvalue weighted by Crippen LogP contribution is 2.19. The van der Waals surface area contributed by atoms with Crippen molar-refractivity contribution < 1.29 is 4.79 Å². The fraction of sp³-hybridized carbons (Fsp3) is 0.571. The van der Waals surface area contributed by atoms with Gasteiger partial charge >= 0.3 is 0 Å². The van der Waals surface area contributed by atoms with Crippen molar-refractivity contribution in [2.24, 2.45) is 5.73 Å². The van der Waals surface area contributed by atoms with Gasteiger partial charge in [-0.05, 0) is 13.8 Å². The summed E-state index contributed by atoms with van der Waals surface area (Å²) in [4.78, 5) is 14.7. The second kappa shape index (κ2) is 3.79. The average molecular weight is 215 g/mol. The van der Waals surface area contributed by atoms with Gasteiger partial charge in [-0.25, -0.2) is 0 Å². The first-order chi connectivity index (χ1) is 6.39. The van der Waals surface area contributed by atoms with Gasteiger partial charge in [0.1, 0.15) is 0 Å². The molecule has 0 saturated carbocycles. The maximum absolute atomic E-state index is 10.7. The average Bonchev–Trinajstić information content (AvgIpc) is 2.30. The number of aromatic nitrogens is 2. The molecule has 1 aromatic heterocycles. The van der Waals surface area contributed by atoms with Gasteiger partial charge < -0.3 is 16.8 Å². The molecule has 1 aromatic rings. The van der Waals surface area contributed by atoms with Crippen molar-refractivity contribution in [2.45, 2.75) is 25.8 Å². The highest BCUT2D eigenvalue weighted by atomic mass is 32.1. The van der Waals surface area contributed by atoms with Gasteiger partial charge in [-0.15, -0.1) is 0 Å². The van der Waals surface area contributed by atoms with Crippen LogP contribution in [0.5, 0.6) is 0 Å². The molecule has 0 bridgehead atoms. The van der Waals surface area contributed by atoms with Crippen LogP contribution in [-0.4, -0.2) is 20.8 Å². The molecule has 0 saturated heterocycles. The molecule has 6 nitrogen and oxygen atoms in total. The fourth-order valence-electron chi connectivity index (χ4n) is 1.05. The van der Waals surface area contributed by atoms with E-state index in [2.05, 4.69) is 14.7 Å². The van der Waals surface area contributed by atoms with Gasteiger partial charge in [0, 0.05) is 23.5 Å². The van der Waals surface area contributed by atoms with Gasteiger partial charge in [0.15, 0.2) is 0 Å². The second-order valence-corrected chi connectivity index (χ2v) is 4.36. The van der Waals surface area contributed by atoms with Crippen molar-refractivity contribution in [3.05, 3.63) is 0 Å². The zero-order chi connectivity index (χ0) is 10.8. The molecule has 0 unspecified atom stereocenters. The standard InChI is InChI=1S/C7H13N5OS/c1-7(2,3-4(8)13)11-6-10-5(9)12-14-6/h3H2,1-2H3,(H2,8,13)(H3,9,10,11,12). The number of hydrogen-bond donors (Lipinski definition) is 3. The van der Waals surface area contributed by atoms with Gasteiger partial charge in [0.2, 0.25) is 17.0 Å². The van der Waals surface area contributed by atoms with Gasteiger partial charge in [0.05, 0.1) is 0 Å². The van der Waals surface area contributed by atoms with E-state index in [1.165, 1.54) is 0 Å². The van der Waals surface area contributed by atoms with Crippen LogP contribution in [0.4, 0.5) is 11.1 Å². The predicted molar refractivity (Wildman–Crippen MR) is 55.8 cm³/mol. The van der Waals surface area contributed by atoms with Crippen LogP contribution in [0, 0.1) is 0 Å². The lowest BCUT2D eigenvalue weighted by atomic mass is 10.0. The zero-order valence-electron chi connectivity index (χ0n) is 8.07. The van der Waals surface area contributed by atoms with Crippen molar-refractivity contribution in [2.75, 3.05) is 11.1 Å². The molecule has 14 heavy (non-hydrogen) atoms. The van der Waals surface area contributed by atoms with E-state index >= 15 is 0 Å². The maximum atomic E-state index is 10.7. The summed E-state index contributed by atoms with van der Waals surface area (Å²) in [5.74, 6) is -0.132. The van der Waals surface area contributed by atoms with Crippen LogP contribution in [0.15, 0.2) is 0 Å². The number of carbonyl (C=O) groups excluding carboxylic acids is 1. The molecule has 78 valence electrons. The highest BCUT2D eigenvalue weighted by molar-refractivity contribution is 7.09. The Morgan fingerprint density at radius 1 is 1.64 bits per heavy atom. The van der Waals surface area contributed by atoms with Crippen molar-refractivity contribution >= 4 is 28.5 Å². The molecule has 0 aliphatic carbocycles. The van der Waals surface area contributed by atoms with Crippen LogP contribution >= 0.6 is 11.5 Å². The normalized spacial score (nSPS) is 11.3. The minimum atomic E-state index is -0.433. The quantitative estimate of drug-likeness (QED) is 0.664. The number of nitrogens with one attached hydrogen (secondary N) is 1. The van der Waals surface area contributed by atoms with E-state index in [0.29, 0.717) is 5.13 Å².